The molecular formula is C27H35N5O2. The summed E-state index contributed by atoms with van der Waals surface area (Å²) in [5.41, 5.74) is 6.16. The van der Waals surface area contributed by atoms with E-state index in [1.54, 1.807) is 26.0 Å². The van der Waals surface area contributed by atoms with Gasteiger partial charge in [-0.1, -0.05) is 37.6 Å². The van der Waals surface area contributed by atoms with Gasteiger partial charge in [0.1, 0.15) is 5.70 Å². The van der Waals surface area contributed by atoms with Gasteiger partial charge >= 0.3 is 0 Å². The summed E-state index contributed by atoms with van der Waals surface area (Å²) >= 11 is 0. The molecule has 0 aliphatic carbocycles. The molecule has 0 saturated carbocycles. The number of nitrogens with one attached hydrogen (secondary N) is 2. The zero-order valence-electron chi connectivity index (χ0n) is 21.0. The number of amides is 1. The summed E-state index contributed by atoms with van der Waals surface area (Å²) in [4.78, 5) is 20.8. The number of nitrogens with zero attached hydrogens (tertiary/aromatic N) is 3. The number of allylic oxidation sites excluding steroid dienone is 1. The van der Waals surface area contributed by atoms with Gasteiger partial charge in [-0.05, 0) is 55.8 Å². The predicted octanol–water partition coefficient (Wildman–Crippen LogP) is 3.89. The van der Waals surface area contributed by atoms with Crippen LogP contribution in [0.1, 0.15) is 47.3 Å². The van der Waals surface area contributed by atoms with Gasteiger partial charge in [0, 0.05) is 38.0 Å². The van der Waals surface area contributed by atoms with Crippen LogP contribution in [0.3, 0.4) is 0 Å². The summed E-state index contributed by atoms with van der Waals surface area (Å²) in [7, 11) is 7.29. The maximum atomic E-state index is 12.2. The molecule has 0 aromatic heterocycles. The summed E-state index contributed by atoms with van der Waals surface area (Å²) in [5.74, 6) is 0.0646. The minimum atomic E-state index is -0.574. The van der Waals surface area contributed by atoms with Gasteiger partial charge in [0.25, 0.3) is 5.91 Å². The van der Waals surface area contributed by atoms with E-state index in [1.807, 2.05) is 62.5 Å². The highest BCUT2D eigenvalue weighted by Gasteiger charge is 2.25. The molecule has 7 heteroatoms. The molecule has 7 nitrogen and oxygen atoms in total. The van der Waals surface area contributed by atoms with E-state index in [2.05, 4.69) is 17.1 Å². The van der Waals surface area contributed by atoms with Crippen molar-refractivity contribution in [2.75, 3.05) is 34.7 Å². The third kappa shape index (κ3) is 5.72. The molecular weight excluding hydrogens is 426 g/mol. The van der Waals surface area contributed by atoms with Crippen molar-refractivity contribution >= 4 is 17.5 Å². The highest BCUT2D eigenvalue weighted by molar-refractivity contribution is 6.04. The first-order chi connectivity index (χ1) is 16.2. The Balaban J connectivity index is 1.83. The summed E-state index contributed by atoms with van der Waals surface area (Å²) < 4.78 is 6.04. The van der Waals surface area contributed by atoms with Gasteiger partial charge in [-0.25, -0.2) is 4.99 Å². The Kier molecular flexibility index (Phi) is 8.23. The second kappa shape index (κ2) is 11.1. The predicted molar refractivity (Wildman–Crippen MR) is 138 cm³/mol. The first-order valence-electron chi connectivity index (χ1n) is 11.6. The van der Waals surface area contributed by atoms with Crippen LogP contribution in [0.2, 0.25) is 0 Å². The lowest BCUT2D eigenvalue weighted by Gasteiger charge is -2.31. The van der Waals surface area contributed by atoms with E-state index >= 15 is 0 Å². The standard InChI is InChI=1S/C27H35N5O2/c1-7-8-19-9-11-21(12-10-19)25(28)34-26(29-3)24-18(2)32(6)17-23(30-24)20-13-15-22(16-14-20)27(33)31(4)5/h9-16,26,28-29H,7-8,17H2,1-6H3. The van der Waals surface area contributed by atoms with Crippen molar-refractivity contribution < 1.29 is 9.53 Å². The Labute approximate surface area is 202 Å². The van der Waals surface area contributed by atoms with Crippen molar-refractivity contribution in [2.24, 2.45) is 4.99 Å². The lowest BCUT2D eigenvalue weighted by Crippen LogP contribution is -2.38. The number of aryl methyl sites for hydroxylation is 1. The Morgan fingerprint density at radius 2 is 1.76 bits per heavy atom. The van der Waals surface area contributed by atoms with E-state index in [-0.39, 0.29) is 11.8 Å². The fourth-order valence-corrected chi connectivity index (χ4v) is 3.82. The minimum absolute atomic E-state index is 0.0319. The second-order valence-electron chi connectivity index (χ2n) is 8.72. The normalized spacial score (nSPS) is 14.5. The lowest BCUT2D eigenvalue weighted by atomic mass is 10.0. The van der Waals surface area contributed by atoms with Crippen LogP contribution >= 0.6 is 0 Å². The average molecular weight is 462 g/mol. The van der Waals surface area contributed by atoms with Crippen LogP contribution in [0.15, 0.2) is 64.9 Å². The van der Waals surface area contributed by atoms with Crippen molar-refractivity contribution in [3.63, 3.8) is 0 Å². The molecule has 1 aliphatic rings. The van der Waals surface area contributed by atoms with Gasteiger partial charge in [-0.2, -0.15) is 0 Å². The summed E-state index contributed by atoms with van der Waals surface area (Å²) in [6, 6.07) is 15.5. The number of carbonyl (C=O) groups is 1. The van der Waals surface area contributed by atoms with Crippen LogP contribution in [-0.2, 0) is 11.2 Å². The number of benzene rings is 2. The highest BCUT2D eigenvalue weighted by Crippen LogP contribution is 2.23. The summed E-state index contributed by atoms with van der Waals surface area (Å²) in [6.45, 7) is 4.80. The zero-order valence-corrected chi connectivity index (χ0v) is 21.0. The molecule has 1 heterocycles. The molecule has 0 bridgehead atoms. The molecule has 0 spiro atoms. The SMILES string of the molecule is CCCc1ccc(C(=N)OC(NC)C2=C(C)N(C)CC(c3ccc(C(=O)N(C)C)cc3)=N2)cc1. The number of hydrogen-bond acceptors (Lipinski definition) is 6. The second-order valence-corrected chi connectivity index (χ2v) is 8.72. The van der Waals surface area contributed by atoms with Crippen LogP contribution in [0.25, 0.3) is 0 Å². The smallest absolute Gasteiger partial charge is 0.253 e. The van der Waals surface area contributed by atoms with Crippen LogP contribution < -0.4 is 5.32 Å². The number of rotatable bonds is 8. The molecule has 1 unspecified atom stereocenters. The maximum Gasteiger partial charge on any atom is 0.253 e. The number of hydrogen-bond donors (Lipinski definition) is 2. The molecule has 1 amide bonds. The average Bonchev–Trinajstić information content (AvgIpc) is 2.84. The van der Waals surface area contributed by atoms with Gasteiger partial charge in [-0.15, -0.1) is 0 Å². The Hall–Kier alpha value is -3.45. The molecule has 2 N–H and O–H groups in total. The monoisotopic (exact) mass is 461 g/mol. The van der Waals surface area contributed by atoms with E-state index in [0.29, 0.717) is 12.1 Å². The topological polar surface area (TPSA) is 81.0 Å². The van der Waals surface area contributed by atoms with Crippen molar-refractivity contribution in [3.05, 3.63) is 82.2 Å². The first kappa shape index (κ1) is 25.2. The quantitative estimate of drug-likeness (QED) is 0.355. The van der Waals surface area contributed by atoms with Gasteiger partial charge in [0.05, 0.1) is 12.3 Å². The number of aliphatic imine (C=N–C) groups is 1. The molecule has 0 fully saturated rings. The van der Waals surface area contributed by atoms with Gasteiger partial charge in [-0.3, -0.25) is 15.5 Å². The van der Waals surface area contributed by atoms with Crippen LogP contribution in [0, 0.1) is 5.41 Å². The Bertz CT molecular complexity index is 1090. The first-order valence-corrected chi connectivity index (χ1v) is 11.6. The molecule has 0 saturated heterocycles. The molecule has 180 valence electrons. The van der Waals surface area contributed by atoms with Crippen molar-refractivity contribution in [1.82, 2.24) is 15.1 Å². The third-order valence-corrected chi connectivity index (χ3v) is 5.96. The number of ether oxygens (including phenoxy) is 1. The molecule has 2 aromatic carbocycles. The van der Waals surface area contributed by atoms with E-state index in [4.69, 9.17) is 15.1 Å². The van der Waals surface area contributed by atoms with E-state index in [1.165, 1.54) is 5.56 Å². The minimum Gasteiger partial charge on any atom is -0.452 e. The molecule has 1 atom stereocenters. The van der Waals surface area contributed by atoms with Gasteiger partial charge < -0.3 is 14.5 Å². The van der Waals surface area contributed by atoms with Crippen molar-refractivity contribution in [3.8, 4) is 0 Å². The van der Waals surface area contributed by atoms with E-state index in [0.717, 1.165) is 41.1 Å². The van der Waals surface area contributed by atoms with Crippen molar-refractivity contribution in [1.29, 1.82) is 5.41 Å². The van der Waals surface area contributed by atoms with Gasteiger partial charge in [0.2, 0.25) is 5.90 Å². The van der Waals surface area contributed by atoms with Crippen LogP contribution in [0.5, 0.6) is 0 Å². The zero-order chi connectivity index (χ0) is 24.8. The fourth-order valence-electron chi connectivity index (χ4n) is 3.82. The van der Waals surface area contributed by atoms with E-state index in [9.17, 15) is 4.79 Å². The number of carbonyl (C=O) groups excluding carboxylic acids is 1. The van der Waals surface area contributed by atoms with Crippen LogP contribution in [0.4, 0.5) is 0 Å². The fraction of sp³-hybridized carbons (Fsp3) is 0.370. The third-order valence-electron chi connectivity index (χ3n) is 5.96. The molecule has 1 aliphatic heterocycles. The number of likely N-dealkylation sites (N-methyl/N-ethyl adjacent to an activating group) is 2. The summed E-state index contributed by atoms with van der Waals surface area (Å²) in [5, 5.41) is 11.7. The Morgan fingerprint density at radius 1 is 1.15 bits per heavy atom. The summed E-state index contributed by atoms with van der Waals surface area (Å²) in [6.07, 6.45) is 1.54. The lowest BCUT2D eigenvalue weighted by molar-refractivity contribution is 0.0827. The molecule has 2 aromatic rings. The maximum absolute atomic E-state index is 12.2. The molecule has 0 radical (unpaired) electrons. The largest absolute Gasteiger partial charge is 0.452 e. The van der Waals surface area contributed by atoms with Gasteiger partial charge in [0.15, 0.2) is 6.23 Å². The Morgan fingerprint density at radius 3 is 2.32 bits per heavy atom. The molecule has 34 heavy (non-hydrogen) atoms. The van der Waals surface area contributed by atoms with Crippen LogP contribution in [-0.4, -0.2) is 68.3 Å². The molecule has 3 rings (SSSR count). The van der Waals surface area contributed by atoms with E-state index < -0.39 is 6.23 Å². The van der Waals surface area contributed by atoms with Crippen molar-refractivity contribution in [2.45, 2.75) is 32.9 Å². The highest BCUT2D eigenvalue weighted by atomic mass is 16.5.